The van der Waals surface area contributed by atoms with E-state index in [0.29, 0.717) is 11.7 Å². The van der Waals surface area contributed by atoms with E-state index in [4.69, 9.17) is 5.73 Å². The van der Waals surface area contributed by atoms with Gasteiger partial charge in [0.05, 0.1) is 0 Å². The maximum Gasteiger partial charge on any atom is 0.217 e. The highest BCUT2D eigenvalue weighted by Crippen LogP contribution is 2.36. The average molecular weight is 284 g/mol. The molecule has 1 unspecified atom stereocenters. The van der Waals surface area contributed by atoms with Crippen molar-refractivity contribution in [1.29, 1.82) is 0 Å². The first-order valence-electron chi connectivity index (χ1n) is 6.25. The number of pyridine rings is 1. The van der Waals surface area contributed by atoms with Gasteiger partial charge in [-0.2, -0.15) is 0 Å². The van der Waals surface area contributed by atoms with E-state index >= 15 is 0 Å². The lowest BCUT2D eigenvalue weighted by Crippen LogP contribution is -2.11. The Balaban J connectivity index is 2.31. The van der Waals surface area contributed by atoms with Gasteiger partial charge in [0.15, 0.2) is 0 Å². The Labute approximate surface area is 117 Å². The lowest BCUT2D eigenvalue weighted by atomic mass is 10.1. The van der Waals surface area contributed by atoms with E-state index in [2.05, 4.69) is 11.9 Å². The smallest absolute Gasteiger partial charge is 0.217 e. The molecule has 5 heteroatoms. The molecule has 1 heterocycles. The van der Waals surface area contributed by atoms with Gasteiger partial charge in [0.25, 0.3) is 0 Å². The number of carbonyl (C=O) groups excluding carboxylic acids is 1. The monoisotopic (exact) mass is 284 g/mol. The molecular weight excluding hydrogens is 264 g/mol. The summed E-state index contributed by atoms with van der Waals surface area (Å²) in [5.74, 6) is -0.201. The molecule has 2 N–H and O–H groups in total. The molecule has 0 saturated carbocycles. The summed E-state index contributed by atoms with van der Waals surface area (Å²) in [6.07, 6.45) is 6.57. The molecule has 1 aromatic rings. The molecule has 0 aliphatic carbocycles. The number of hydrogen-bond acceptors (Lipinski definition) is 4. The quantitative estimate of drug-likeness (QED) is 0.703. The highest BCUT2D eigenvalue weighted by molar-refractivity contribution is 8.76. The first-order chi connectivity index (χ1) is 8.72. The van der Waals surface area contributed by atoms with Gasteiger partial charge in [-0.3, -0.25) is 4.79 Å². The van der Waals surface area contributed by atoms with Gasteiger partial charge in [0.1, 0.15) is 5.03 Å². The molecule has 3 nitrogen and oxygen atoms in total. The van der Waals surface area contributed by atoms with Crippen LogP contribution in [0.15, 0.2) is 29.4 Å². The number of primary amides is 1. The fourth-order valence-electron chi connectivity index (χ4n) is 1.58. The third-order valence-electron chi connectivity index (χ3n) is 2.47. The van der Waals surface area contributed by atoms with E-state index in [1.54, 1.807) is 10.8 Å². The van der Waals surface area contributed by atoms with Crippen LogP contribution in [-0.4, -0.2) is 16.1 Å². The van der Waals surface area contributed by atoms with Crippen molar-refractivity contribution in [1.82, 2.24) is 4.98 Å². The van der Waals surface area contributed by atoms with Crippen molar-refractivity contribution in [3.63, 3.8) is 0 Å². The van der Waals surface area contributed by atoms with E-state index in [1.807, 2.05) is 35.2 Å². The third-order valence-corrected chi connectivity index (χ3v) is 5.34. The lowest BCUT2D eigenvalue weighted by Gasteiger charge is -2.14. The molecule has 0 saturated heterocycles. The van der Waals surface area contributed by atoms with Crippen molar-refractivity contribution in [3.8, 4) is 0 Å². The number of amides is 1. The van der Waals surface area contributed by atoms with Crippen molar-refractivity contribution in [3.05, 3.63) is 24.4 Å². The number of aromatic nitrogens is 1. The molecule has 1 atom stereocenters. The molecule has 0 bridgehead atoms. The fraction of sp³-hybridized carbons (Fsp3) is 0.538. The van der Waals surface area contributed by atoms with Crippen LogP contribution >= 0.6 is 21.6 Å². The summed E-state index contributed by atoms with van der Waals surface area (Å²) in [4.78, 5) is 15.0. The summed E-state index contributed by atoms with van der Waals surface area (Å²) in [7, 11) is 3.57. The third kappa shape index (κ3) is 6.91. The van der Waals surface area contributed by atoms with Crippen molar-refractivity contribution in [2.45, 2.75) is 49.3 Å². The minimum absolute atomic E-state index is 0.201. The van der Waals surface area contributed by atoms with E-state index in [1.165, 1.54) is 6.42 Å². The summed E-state index contributed by atoms with van der Waals surface area (Å²) in [6.45, 7) is 2.19. The van der Waals surface area contributed by atoms with Gasteiger partial charge in [0, 0.05) is 17.9 Å². The molecule has 1 amide bonds. The molecule has 0 aliphatic heterocycles. The van der Waals surface area contributed by atoms with Crippen LogP contribution in [0.4, 0.5) is 0 Å². The second kappa shape index (κ2) is 9.28. The van der Waals surface area contributed by atoms with Crippen molar-refractivity contribution < 1.29 is 4.79 Å². The molecule has 0 aromatic carbocycles. The van der Waals surface area contributed by atoms with Gasteiger partial charge >= 0.3 is 0 Å². The van der Waals surface area contributed by atoms with Gasteiger partial charge in [-0.1, -0.05) is 30.2 Å². The maximum atomic E-state index is 10.7. The molecule has 0 spiro atoms. The zero-order valence-electron chi connectivity index (χ0n) is 10.7. The van der Waals surface area contributed by atoms with E-state index in [0.717, 1.165) is 24.3 Å². The van der Waals surface area contributed by atoms with E-state index in [9.17, 15) is 4.79 Å². The zero-order chi connectivity index (χ0) is 13.2. The minimum Gasteiger partial charge on any atom is -0.370 e. The van der Waals surface area contributed by atoms with E-state index in [-0.39, 0.29) is 5.91 Å². The maximum absolute atomic E-state index is 10.7. The van der Waals surface area contributed by atoms with Crippen LogP contribution in [0.1, 0.15) is 39.0 Å². The Bertz CT molecular complexity index is 346. The summed E-state index contributed by atoms with van der Waals surface area (Å²) >= 11 is 0. The average Bonchev–Trinajstić information content (AvgIpc) is 2.37. The van der Waals surface area contributed by atoms with Gasteiger partial charge in [-0.25, -0.2) is 4.98 Å². The summed E-state index contributed by atoms with van der Waals surface area (Å²) < 4.78 is 0. The second-order valence-electron chi connectivity index (χ2n) is 4.12. The Morgan fingerprint density at radius 2 is 2.28 bits per heavy atom. The zero-order valence-corrected chi connectivity index (χ0v) is 12.3. The number of rotatable bonds is 9. The Hall–Kier alpha value is -0.680. The van der Waals surface area contributed by atoms with Gasteiger partial charge in [0.2, 0.25) is 5.91 Å². The Morgan fingerprint density at radius 1 is 1.44 bits per heavy atom. The largest absolute Gasteiger partial charge is 0.370 e. The normalized spacial score (nSPS) is 12.3. The molecule has 0 radical (unpaired) electrons. The number of hydrogen-bond donors (Lipinski definition) is 1. The number of nitrogens with two attached hydrogens (primary N) is 1. The molecule has 1 aromatic heterocycles. The summed E-state index contributed by atoms with van der Waals surface area (Å²) in [5.41, 5.74) is 5.16. The molecule has 100 valence electrons. The SMILES string of the molecule is CCCC(CCCC(N)=O)SSc1ccccn1. The molecule has 1 rings (SSSR count). The topological polar surface area (TPSA) is 56.0 Å². The van der Waals surface area contributed by atoms with Gasteiger partial charge in [-0.05, 0) is 42.2 Å². The van der Waals surface area contributed by atoms with Crippen LogP contribution in [0.3, 0.4) is 0 Å². The van der Waals surface area contributed by atoms with Gasteiger partial charge in [-0.15, -0.1) is 0 Å². The van der Waals surface area contributed by atoms with Crippen molar-refractivity contribution in [2.75, 3.05) is 0 Å². The van der Waals surface area contributed by atoms with Gasteiger partial charge < -0.3 is 5.73 Å². The first kappa shape index (κ1) is 15.4. The van der Waals surface area contributed by atoms with Crippen molar-refractivity contribution >= 4 is 27.5 Å². The van der Waals surface area contributed by atoms with Crippen molar-refractivity contribution in [2.24, 2.45) is 5.73 Å². The van der Waals surface area contributed by atoms with Crippen LogP contribution in [0.25, 0.3) is 0 Å². The minimum atomic E-state index is -0.201. The number of carbonyl (C=O) groups is 1. The van der Waals surface area contributed by atoms with E-state index < -0.39 is 0 Å². The summed E-state index contributed by atoms with van der Waals surface area (Å²) in [5, 5.41) is 1.61. The summed E-state index contributed by atoms with van der Waals surface area (Å²) in [6, 6.07) is 5.94. The number of nitrogens with zero attached hydrogens (tertiary/aromatic N) is 1. The Kier molecular flexibility index (Phi) is 7.93. The van der Waals surface area contributed by atoms with Crippen LogP contribution in [-0.2, 0) is 4.79 Å². The van der Waals surface area contributed by atoms with Crippen LogP contribution in [0.5, 0.6) is 0 Å². The predicted molar refractivity (Wildman–Crippen MR) is 79.4 cm³/mol. The molecular formula is C13H20N2OS2. The molecule has 0 aliphatic rings. The highest BCUT2D eigenvalue weighted by Gasteiger charge is 2.10. The van der Waals surface area contributed by atoms with Crippen LogP contribution in [0.2, 0.25) is 0 Å². The molecule has 0 fully saturated rings. The fourth-order valence-corrected chi connectivity index (χ4v) is 4.22. The standard InChI is InChI=1S/C13H20N2OS2/c1-2-6-11(7-5-8-12(14)16)17-18-13-9-3-4-10-15-13/h3-4,9-11H,2,5-8H2,1H3,(H2,14,16). The first-order valence-corrected chi connectivity index (χ1v) is 8.46. The predicted octanol–water partition coefficient (Wildman–Crippen LogP) is 3.65. The van der Waals surface area contributed by atoms with Crippen LogP contribution in [0, 0.1) is 0 Å². The Morgan fingerprint density at radius 3 is 2.89 bits per heavy atom. The molecule has 18 heavy (non-hydrogen) atoms. The second-order valence-corrected chi connectivity index (χ2v) is 6.64. The highest BCUT2D eigenvalue weighted by atomic mass is 33.1. The van der Waals surface area contributed by atoms with Crippen LogP contribution < -0.4 is 5.73 Å². The lowest BCUT2D eigenvalue weighted by molar-refractivity contribution is -0.118.